The first-order chi connectivity index (χ1) is 11.7. The maximum atomic E-state index is 4.40. The van der Waals surface area contributed by atoms with E-state index in [9.17, 15) is 0 Å². The molecule has 0 spiro atoms. The van der Waals surface area contributed by atoms with E-state index in [1.54, 1.807) is 12.7 Å². The first-order valence-corrected chi connectivity index (χ1v) is 7.83. The number of hydrogen-bond donors (Lipinski definition) is 0. The zero-order valence-corrected chi connectivity index (χ0v) is 17.6. The molecule has 4 rings (SSSR count). The Morgan fingerprint density at radius 3 is 2.46 bits per heavy atom. The molecule has 1 heterocycles. The summed E-state index contributed by atoms with van der Waals surface area (Å²) in [5.74, 6) is 0.852. The number of hydrogen-bond acceptors (Lipinski definition) is 2. The Hall–Kier alpha value is -1.90. The fourth-order valence-corrected chi connectivity index (χ4v) is 2.83. The second-order valence-electron chi connectivity index (χ2n) is 5.83. The standard InChI is InChI=1S/C21H16N3.B.Y/c1-15-7-8-19(12-20(15)21-23-13-22-14-24(21)2)18-10-9-16-5-3-4-6-17(16)11-18;;/h3-10,13-14H,1-2H3;;/q-1;;. The Labute approximate surface area is 181 Å². The Bertz CT molecular complexity index is 1050. The van der Waals surface area contributed by atoms with Crippen LogP contribution in [0.1, 0.15) is 5.56 Å². The molecule has 0 amide bonds. The van der Waals surface area contributed by atoms with E-state index >= 15 is 0 Å². The summed E-state index contributed by atoms with van der Waals surface area (Å²) in [6.07, 6.45) is 3.32. The maximum absolute atomic E-state index is 4.40. The molecular formula is C21H16BN3Y-. The van der Waals surface area contributed by atoms with Crippen LogP contribution in [0.25, 0.3) is 33.3 Å². The number of fused-ring (bicyclic) bond motifs is 1. The van der Waals surface area contributed by atoms with Crippen LogP contribution in [-0.4, -0.2) is 18.4 Å². The summed E-state index contributed by atoms with van der Waals surface area (Å²) >= 11 is 0. The maximum Gasteiger partial charge on any atom is 0.255 e. The second kappa shape index (κ2) is 8.66. The van der Waals surface area contributed by atoms with E-state index in [4.69, 9.17) is 0 Å². The molecule has 5 heteroatoms. The van der Waals surface area contributed by atoms with Gasteiger partial charge in [-0.1, -0.05) is 41.1 Å². The molecule has 4 aromatic rings. The van der Waals surface area contributed by atoms with Crippen LogP contribution in [0.15, 0.2) is 61.2 Å². The van der Waals surface area contributed by atoms with Crippen LogP contribution < -0.4 is 4.57 Å². The van der Waals surface area contributed by atoms with E-state index in [1.165, 1.54) is 5.39 Å². The fraction of sp³-hybridized carbons (Fsp3) is 0.0952. The number of aryl methyl sites for hydroxylation is 2. The van der Waals surface area contributed by atoms with Gasteiger partial charge in [0.2, 0.25) is 12.2 Å². The van der Waals surface area contributed by atoms with E-state index in [-0.39, 0.29) is 41.1 Å². The quantitative estimate of drug-likeness (QED) is 0.289. The molecule has 0 bridgehead atoms. The van der Waals surface area contributed by atoms with Gasteiger partial charge in [-0.05, 0) is 0 Å². The van der Waals surface area contributed by atoms with Crippen molar-refractivity contribution in [3.63, 3.8) is 0 Å². The van der Waals surface area contributed by atoms with Crippen molar-refractivity contribution in [2.24, 2.45) is 7.05 Å². The zero-order valence-electron chi connectivity index (χ0n) is 14.8. The van der Waals surface area contributed by atoms with Gasteiger partial charge in [-0.3, -0.25) is 4.57 Å². The zero-order chi connectivity index (χ0) is 16.5. The SMILES string of the molecule is Cc1ccc(-c2[c-]c3ccccc3cc2)[c-]c1-c1ncnc[n+]1C.[B].[Y]. The number of rotatable bonds is 2. The van der Waals surface area contributed by atoms with Crippen molar-refractivity contribution in [3.8, 4) is 22.5 Å². The molecule has 0 aliphatic heterocycles. The normalized spacial score (nSPS) is 10.1. The van der Waals surface area contributed by atoms with Crippen LogP contribution in [0.3, 0.4) is 0 Å². The van der Waals surface area contributed by atoms with Gasteiger partial charge in [-0.2, -0.15) is 35.4 Å². The molecule has 0 aliphatic carbocycles. The minimum absolute atomic E-state index is 0. The largest absolute Gasteiger partial charge is 0.269 e. The fourth-order valence-electron chi connectivity index (χ4n) is 2.83. The third kappa shape index (κ3) is 3.92. The number of benzene rings is 3. The van der Waals surface area contributed by atoms with Gasteiger partial charge < -0.3 is 0 Å². The summed E-state index contributed by atoms with van der Waals surface area (Å²) in [6.45, 7) is 2.07. The molecule has 122 valence electrons. The van der Waals surface area contributed by atoms with Gasteiger partial charge in [0.05, 0.1) is 7.05 Å². The molecule has 0 fully saturated rings. The molecule has 26 heavy (non-hydrogen) atoms. The summed E-state index contributed by atoms with van der Waals surface area (Å²) in [5.41, 5.74) is 4.17. The van der Waals surface area contributed by atoms with Crippen LogP contribution >= 0.6 is 0 Å². The second-order valence-corrected chi connectivity index (χ2v) is 5.83. The molecule has 0 saturated carbocycles. The summed E-state index contributed by atoms with van der Waals surface area (Å²) in [7, 11) is 1.94. The third-order valence-electron chi connectivity index (χ3n) is 4.15. The molecule has 0 saturated heterocycles. The monoisotopic (exact) mass is 410 g/mol. The predicted molar refractivity (Wildman–Crippen MR) is 99.7 cm³/mol. The van der Waals surface area contributed by atoms with Gasteiger partial charge in [0.1, 0.15) is 0 Å². The van der Waals surface area contributed by atoms with Crippen molar-refractivity contribution in [1.29, 1.82) is 0 Å². The molecule has 0 aliphatic rings. The van der Waals surface area contributed by atoms with Crippen molar-refractivity contribution in [3.05, 3.63) is 78.9 Å². The Morgan fingerprint density at radius 1 is 0.923 bits per heavy atom. The van der Waals surface area contributed by atoms with E-state index < -0.39 is 0 Å². The van der Waals surface area contributed by atoms with Crippen molar-refractivity contribution in [2.45, 2.75) is 6.92 Å². The van der Waals surface area contributed by atoms with E-state index in [0.717, 1.165) is 33.5 Å². The summed E-state index contributed by atoms with van der Waals surface area (Å²) in [5, 5.41) is 2.30. The van der Waals surface area contributed by atoms with Crippen molar-refractivity contribution in [2.75, 3.05) is 0 Å². The summed E-state index contributed by atoms with van der Waals surface area (Å²) < 4.78 is 1.91. The van der Waals surface area contributed by atoms with Crippen LogP contribution in [0.5, 0.6) is 0 Å². The first kappa shape index (κ1) is 20.4. The van der Waals surface area contributed by atoms with Crippen LogP contribution in [0.2, 0.25) is 0 Å². The van der Waals surface area contributed by atoms with Crippen LogP contribution in [0, 0.1) is 19.1 Å². The Kier molecular flexibility index (Phi) is 6.80. The predicted octanol–water partition coefficient (Wildman–Crippen LogP) is 3.31. The van der Waals surface area contributed by atoms with Gasteiger partial charge in [0, 0.05) is 41.1 Å². The third-order valence-corrected chi connectivity index (χ3v) is 4.15. The Morgan fingerprint density at radius 2 is 1.65 bits per heavy atom. The van der Waals surface area contributed by atoms with Crippen molar-refractivity contribution in [1.82, 2.24) is 9.97 Å². The van der Waals surface area contributed by atoms with Gasteiger partial charge in [-0.25, -0.2) is 0 Å². The van der Waals surface area contributed by atoms with E-state index in [1.807, 2.05) is 23.7 Å². The summed E-state index contributed by atoms with van der Waals surface area (Å²) in [4.78, 5) is 8.45. The topological polar surface area (TPSA) is 29.7 Å². The minimum atomic E-state index is 0. The average molecular weight is 410 g/mol. The number of nitrogens with zero attached hydrogens (tertiary/aromatic N) is 3. The minimum Gasteiger partial charge on any atom is -0.269 e. The molecule has 1 aromatic heterocycles. The van der Waals surface area contributed by atoms with Crippen molar-refractivity contribution >= 4 is 19.2 Å². The molecule has 3 nitrogen and oxygen atoms in total. The number of aromatic nitrogens is 3. The van der Waals surface area contributed by atoms with Crippen LogP contribution in [0.4, 0.5) is 0 Å². The molecule has 0 unspecified atom stereocenters. The average Bonchev–Trinajstić information content (AvgIpc) is 2.62. The Balaban J connectivity index is 0.00000121. The van der Waals surface area contributed by atoms with Crippen LogP contribution in [-0.2, 0) is 39.8 Å². The van der Waals surface area contributed by atoms with Gasteiger partial charge in [0.15, 0.2) is 0 Å². The first-order valence-electron chi connectivity index (χ1n) is 7.83. The molecule has 3 aromatic carbocycles. The smallest absolute Gasteiger partial charge is 0.255 e. The molecule has 0 atom stereocenters. The molecule has 0 N–H and O–H groups in total. The molecular weight excluding hydrogens is 394 g/mol. The van der Waals surface area contributed by atoms with Gasteiger partial charge >= 0.3 is 0 Å². The van der Waals surface area contributed by atoms with Crippen molar-refractivity contribution < 1.29 is 37.3 Å². The molecule has 4 radical (unpaired) electrons. The van der Waals surface area contributed by atoms with Gasteiger partial charge in [-0.15, -0.1) is 34.1 Å². The van der Waals surface area contributed by atoms with Gasteiger partial charge in [0.25, 0.3) is 6.33 Å². The van der Waals surface area contributed by atoms with E-state index in [2.05, 4.69) is 65.4 Å². The summed E-state index contributed by atoms with van der Waals surface area (Å²) in [6, 6.07) is 23.7. The van der Waals surface area contributed by atoms with E-state index in [0.29, 0.717) is 0 Å².